The largest absolute Gasteiger partial charge is 0.479 e. The third-order valence-electron chi connectivity index (χ3n) is 5.79. The number of hydroxylamine groups is 1. The van der Waals surface area contributed by atoms with Crippen molar-refractivity contribution in [3.8, 4) is 0 Å². The Morgan fingerprint density at radius 2 is 1.73 bits per heavy atom. The van der Waals surface area contributed by atoms with Crippen molar-refractivity contribution in [2.45, 2.75) is 56.5 Å². The van der Waals surface area contributed by atoms with Crippen LogP contribution in [0.4, 0.5) is 0 Å². The van der Waals surface area contributed by atoms with E-state index < -0.39 is 23.4 Å². The van der Waals surface area contributed by atoms with Crippen molar-refractivity contribution in [2.75, 3.05) is 13.7 Å². The molecule has 0 bridgehead atoms. The van der Waals surface area contributed by atoms with Gasteiger partial charge in [-0.2, -0.15) is 5.48 Å². The molecule has 2 N–H and O–H groups in total. The number of aliphatic carboxylic acids is 1. The highest BCUT2D eigenvalue weighted by molar-refractivity contribution is 5.79. The maximum absolute atomic E-state index is 12.1. The zero-order valence-electron chi connectivity index (χ0n) is 17.7. The van der Waals surface area contributed by atoms with Gasteiger partial charge in [0.05, 0.1) is 0 Å². The predicted octanol–water partition coefficient (Wildman–Crippen LogP) is 4.05. The number of aryl methyl sites for hydroxylation is 1. The van der Waals surface area contributed by atoms with Crippen molar-refractivity contribution < 1.29 is 24.2 Å². The lowest BCUT2D eigenvalue weighted by atomic mass is 9.84. The van der Waals surface area contributed by atoms with Crippen LogP contribution in [0.5, 0.6) is 0 Å². The second kappa shape index (κ2) is 10.2. The molecule has 6 heteroatoms. The summed E-state index contributed by atoms with van der Waals surface area (Å²) in [7, 11) is 1.50. The maximum atomic E-state index is 12.1. The number of methoxy groups -OCH3 is 1. The standard InChI is InChI=1S/C24H31NO5/c1-3-23(22(26)27)21(28-2)24(25-30-23,20-16-10-5-11-17-20)29-18-12-6-9-15-19-13-7-4-8-14-19/h4-5,7-8,10-11,13-14,16-17,21,25H,3,6,9,12,15,18H2,1-2H3,(H,26,27). The zero-order valence-corrected chi connectivity index (χ0v) is 17.7. The van der Waals surface area contributed by atoms with Gasteiger partial charge >= 0.3 is 5.97 Å². The Kier molecular flexibility index (Phi) is 7.61. The van der Waals surface area contributed by atoms with Crippen molar-refractivity contribution in [3.63, 3.8) is 0 Å². The van der Waals surface area contributed by atoms with Crippen LogP contribution >= 0.6 is 0 Å². The summed E-state index contributed by atoms with van der Waals surface area (Å²) < 4.78 is 12.0. The number of ether oxygens (including phenoxy) is 2. The maximum Gasteiger partial charge on any atom is 0.341 e. The Balaban J connectivity index is 1.69. The summed E-state index contributed by atoms with van der Waals surface area (Å²) >= 11 is 0. The second-order valence-electron chi connectivity index (χ2n) is 7.61. The van der Waals surface area contributed by atoms with Crippen LogP contribution < -0.4 is 5.48 Å². The second-order valence-corrected chi connectivity index (χ2v) is 7.61. The number of hydrogen-bond acceptors (Lipinski definition) is 5. The zero-order chi connectivity index (χ0) is 21.5. The smallest absolute Gasteiger partial charge is 0.341 e. The molecule has 1 aliphatic heterocycles. The fourth-order valence-electron chi connectivity index (χ4n) is 4.09. The van der Waals surface area contributed by atoms with Crippen molar-refractivity contribution >= 4 is 5.97 Å². The first-order valence-electron chi connectivity index (χ1n) is 10.5. The van der Waals surface area contributed by atoms with E-state index in [-0.39, 0.29) is 6.42 Å². The first kappa shape index (κ1) is 22.4. The molecule has 6 nitrogen and oxygen atoms in total. The number of benzene rings is 2. The molecule has 162 valence electrons. The molecular formula is C24H31NO5. The molecule has 1 saturated heterocycles. The van der Waals surface area contributed by atoms with E-state index in [4.69, 9.17) is 14.3 Å². The molecule has 0 saturated carbocycles. The van der Waals surface area contributed by atoms with Gasteiger partial charge in [0.2, 0.25) is 5.60 Å². The van der Waals surface area contributed by atoms with E-state index in [1.807, 2.05) is 36.4 Å². The number of hydrogen-bond donors (Lipinski definition) is 2. The van der Waals surface area contributed by atoms with Crippen molar-refractivity contribution in [1.82, 2.24) is 5.48 Å². The molecule has 0 spiro atoms. The fourth-order valence-corrected chi connectivity index (χ4v) is 4.09. The minimum atomic E-state index is -1.53. The van der Waals surface area contributed by atoms with Gasteiger partial charge in [0.15, 0.2) is 5.72 Å². The lowest BCUT2D eigenvalue weighted by Crippen LogP contribution is -2.56. The molecule has 0 aliphatic carbocycles. The molecule has 1 fully saturated rings. The molecular weight excluding hydrogens is 382 g/mol. The van der Waals surface area contributed by atoms with Gasteiger partial charge in [-0.15, -0.1) is 0 Å². The summed E-state index contributed by atoms with van der Waals surface area (Å²) in [6.07, 6.45) is 3.35. The Morgan fingerprint density at radius 3 is 2.33 bits per heavy atom. The van der Waals surface area contributed by atoms with Gasteiger partial charge in [-0.05, 0) is 31.2 Å². The molecule has 3 unspecified atom stereocenters. The number of carboxylic acids is 1. The Labute approximate surface area is 178 Å². The molecule has 1 aliphatic rings. The van der Waals surface area contributed by atoms with Gasteiger partial charge in [0.25, 0.3) is 0 Å². The first-order valence-corrected chi connectivity index (χ1v) is 10.5. The van der Waals surface area contributed by atoms with Crippen molar-refractivity contribution in [1.29, 1.82) is 0 Å². The molecule has 0 aromatic heterocycles. The molecule has 0 radical (unpaired) electrons. The van der Waals surface area contributed by atoms with Crippen LogP contribution in [0.2, 0.25) is 0 Å². The van der Waals surface area contributed by atoms with Gasteiger partial charge < -0.3 is 14.6 Å². The van der Waals surface area contributed by atoms with E-state index in [9.17, 15) is 9.90 Å². The molecule has 2 aromatic rings. The summed E-state index contributed by atoms with van der Waals surface area (Å²) in [5, 5.41) is 9.89. The van der Waals surface area contributed by atoms with E-state index in [0.29, 0.717) is 6.61 Å². The third-order valence-corrected chi connectivity index (χ3v) is 5.79. The van der Waals surface area contributed by atoms with Crippen LogP contribution in [0.1, 0.15) is 43.7 Å². The molecule has 0 amide bonds. The van der Waals surface area contributed by atoms with E-state index in [0.717, 1.165) is 31.2 Å². The van der Waals surface area contributed by atoms with Gasteiger partial charge in [-0.3, -0.25) is 4.84 Å². The van der Waals surface area contributed by atoms with Gasteiger partial charge in [-0.1, -0.05) is 74.0 Å². The first-order chi connectivity index (χ1) is 14.6. The highest BCUT2D eigenvalue weighted by Gasteiger charge is 2.64. The Hall–Kier alpha value is -2.25. The van der Waals surface area contributed by atoms with Gasteiger partial charge in [0, 0.05) is 19.3 Å². The van der Waals surface area contributed by atoms with Crippen LogP contribution in [0, 0.1) is 0 Å². The van der Waals surface area contributed by atoms with E-state index in [1.165, 1.54) is 12.7 Å². The van der Waals surface area contributed by atoms with Crippen LogP contribution in [0.3, 0.4) is 0 Å². The minimum Gasteiger partial charge on any atom is -0.479 e. The number of carbonyl (C=O) groups is 1. The molecule has 2 aromatic carbocycles. The summed E-state index contributed by atoms with van der Waals surface area (Å²) in [4.78, 5) is 17.8. The number of carboxylic acid groups (broad SMARTS) is 1. The van der Waals surface area contributed by atoms with E-state index >= 15 is 0 Å². The number of nitrogens with one attached hydrogen (secondary N) is 1. The van der Waals surface area contributed by atoms with Crippen LogP contribution in [-0.4, -0.2) is 36.5 Å². The monoisotopic (exact) mass is 413 g/mol. The molecule has 30 heavy (non-hydrogen) atoms. The number of rotatable bonds is 11. The van der Waals surface area contributed by atoms with E-state index in [1.54, 1.807) is 6.92 Å². The lowest BCUT2D eigenvalue weighted by Gasteiger charge is -2.36. The predicted molar refractivity (Wildman–Crippen MR) is 114 cm³/mol. The average molecular weight is 414 g/mol. The quantitative estimate of drug-likeness (QED) is 0.541. The molecule has 3 rings (SSSR count). The summed E-state index contributed by atoms with van der Waals surface area (Å²) in [5.41, 5.74) is 2.29. The number of unbranched alkanes of at least 4 members (excludes halogenated alkanes) is 2. The van der Waals surface area contributed by atoms with E-state index in [2.05, 4.69) is 29.7 Å². The molecule has 1 heterocycles. The topological polar surface area (TPSA) is 77.0 Å². The fraction of sp³-hybridized carbons (Fsp3) is 0.458. The van der Waals surface area contributed by atoms with Crippen LogP contribution in [0.25, 0.3) is 0 Å². The molecule has 3 atom stereocenters. The average Bonchev–Trinajstić information content (AvgIpc) is 3.13. The third kappa shape index (κ3) is 4.42. The summed E-state index contributed by atoms with van der Waals surface area (Å²) in [5.74, 6) is -1.08. The highest BCUT2D eigenvalue weighted by atomic mass is 16.7. The summed E-state index contributed by atoms with van der Waals surface area (Å²) in [6.45, 7) is 2.23. The van der Waals surface area contributed by atoms with Crippen molar-refractivity contribution in [2.24, 2.45) is 0 Å². The minimum absolute atomic E-state index is 0.239. The highest BCUT2D eigenvalue weighted by Crippen LogP contribution is 2.43. The normalized spacial score (nSPS) is 26.0. The SMILES string of the molecule is CCC1(C(=O)O)ONC(OCCCCCc2ccccc2)(c2ccccc2)C1OC. The lowest BCUT2D eigenvalue weighted by molar-refractivity contribution is -0.178. The summed E-state index contributed by atoms with van der Waals surface area (Å²) in [6, 6.07) is 19.9. The Morgan fingerprint density at radius 1 is 1.07 bits per heavy atom. The van der Waals surface area contributed by atoms with Crippen LogP contribution in [-0.2, 0) is 31.3 Å². The van der Waals surface area contributed by atoms with Gasteiger partial charge in [-0.25, -0.2) is 4.79 Å². The van der Waals surface area contributed by atoms with Crippen molar-refractivity contribution in [3.05, 3.63) is 71.8 Å². The van der Waals surface area contributed by atoms with Gasteiger partial charge in [0.1, 0.15) is 6.10 Å². The van der Waals surface area contributed by atoms with Crippen LogP contribution in [0.15, 0.2) is 60.7 Å². The Bertz CT molecular complexity index is 800.